The monoisotopic (exact) mass is 298 g/mol. The number of aliphatic hydroxyl groups excluding tert-OH is 3. The summed E-state index contributed by atoms with van der Waals surface area (Å²) in [5, 5.41) is 34.3. The molecule has 0 aromatic carbocycles. The molecule has 7 heteroatoms. The van der Waals surface area contributed by atoms with Crippen LogP contribution in [0.4, 0.5) is 11.6 Å². The van der Waals surface area contributed by atoms with Gasteiger partial charge in [0.15, 0.2) is 0 Å². The Balaban J connectivity index is 3.34. The molecule has 0 spiro atoms. The number of anilines is 2. The van der Waals surface area contributed by atoms with E-state index >= 15 is 0 Å². The van der Waals surface area contributed by atoms with Crippen LogP contribution in [0, 0.1) is 6.92 Å². The van der Waals surface area contributed by atoms with Crippen LogP contribution in [0.3, 0.4) is 0 Å². The molecule has 5 N–H and O–H groups in total. The van der Waals surface area contributed by atoms with E-state index in [9.17, 15) is 15.3 Å². The van der Waals surface area contributed by atoms with Gasteiger partial charge in [-0.3, -0.25) is 0 Å². The molecule has 1 rings (SSSR count). The zero-order valence-corrected chi connectivity index (χ0v) is 13.4. The molecule has 0 unspecified atom stereocenters. The molecule has 0 radical (unpaired) electrons. The zero-order chi connectivity index (χ0) is 16.3. The van der Waals surface area contributed by atoms with E-state index < -0.39 is 25.4 Å². The Kier molecular flexibility index (Phi) is 5.49. The Labute approximate surface area is 125 Å². The summed E-state index contributed by atoms with van der Waals surface area (Å²) in [5.41, 5.74) is -0.722. The lowest BCUT2D eigenvalue weighted by Gasteiger charge is -2.31. The summed E-state index contributed by atoms with van der Waals surface area (Å²) in [4.78, 5) is 8.97. The van der Waals surface area contributed by atoms with Gasteiger partial charge in [0.1, 0.15) is 23.0 Å². The van der Waals surface area contributed by atoms with Crippen molar-refractivity contribution < 1.29 is 15.3 Å². The highest BCUT2D eigenvalue weighted by atomic mass is 16.3. The van der Waals surface area contributed by atoms with Crippen LogP contribution in [0.1, 0.15) is 32.2 Å². The van der Waals surface area contributed by atoms with Gasteiger partial charge in [-0.05, 0) is 6.92 Å². The number of nitrogens with zero attached hydrogens (tertiary/aromatic N) is 2. The first kappa shape index (κ1) is 17.6. The summed E-state index contributed by atoms with van der Waals surface area (Å²) < 4.78 is 0. The third-order valence-corrected chi connectivity index (χ3v) is 3.35. The van der Waals surface area contributed by atoms with Gasteiger partial charge in [-0.25, -0.2) is 9.97 Å². The predicted molar refractivity (Wildman–Crippen MR) is 82.6 cm³/mol. The third kappa shape index (κ3) is 3.81. The quantitative estimate of drug-likeness (QED) is 0.512. The van der Waals surface area contributed by atoms with Gasteiger partial charge in [-0.2, -0.15) is 0 Å². The standard InChI is InChI=1S/C14H26N4O3/c1-9-10(15-5)16-12(13(2,3)4)17-11(9)18-14(6-19,7-20)8-21/h19-21H,6-8H2,1-5H3,(H2,15,16,17,18). The third-order valence-electron chi connectivity index (χ3n) is 3.35. The molecule has 0 saturated carbocycles. The van der Waals surface area contributed by atoms with Gasteiger partial charge in [0.05, 0.1) is 19.8 Å². The fraction of sp³-hybridized carbons (Fsp3) is 0.714. The molecule has 0 aliphatic heterocycles. The number of hydrogen-bond acceptors (Lipinski definition) is 7. The SMILES string of the molecule is CNc1nc(C(C)(C)C)nc(NC(CO)(CO)CO)c1C. The maximum atomic E-state index is 9.44. The highest BCUT2D eigenvalue weighted by Crippen LogP contribution is 2.27. The topological polar surface area (TPSA) is 111 Å². The Morgan fingerprint density at radius 2 is 1.43 bits per heavy atom. The summed E-state index contributed by atoms with van der Waals surface area (Å²) in [6, 6.07) is 0. The summed E-state index contributed by atoms with van der Waals surface area (Å²) >= 11 is 0. The molecular weight excluding hydrogens is 272 g/mol. The second-order valence-corrected chi connectivity index (χ2v) is 6.25. The Morgan fingerprint density at radius 1 is 0.952 bits per heavy atom. The molecule has 7 nitrogen and oxygen atoms in total. The van der Waals surface area contributed by atoms with E-state index in [0.717, 1.165) is 5.56 Å². The van der Waals surface area contributed by atoms with Crippen molar-refractivity contribution in [2.45, 2.75) is 38.6 Å². The van der Waals surface area contributed by atoms with Gasteiger partial charge in [0.25, 0.3) is 0 Å². The van der Waals surface area contributed by atoms with E-state index in [0.29, 0.717) is 17.5 Å². The fourth-order valence-electron chi connectivity index (χ4n) is 1.74. The molecule has 1 heterocycles. The van der Waals surface area contributed by atoms with Gasteiger partial charge >= 0.3 is 0 Å². The average Bonchev–Trinajstić information content (AvgIpc) is 2.45. The number of hydrogen-bond donors (Lipinski definition) is 5. The molecule has 0 bridgehead atoms. The summed E-state index contributed by atoms with van der Waals surface area (Å²) in [5.74, 6) is 1.78. The Hall–Kier alpha value is -1.44. The summed E-state index contributed by atoms with van der Waals surface area (Å²) in [6.07, 6.45) is 0. The maximum absolute atomic E-state index is 9.44. The van der Waals surface area contributed by atoms with Crippen LogP contribution >= 0.6 is 0 Å². The molecule has 21 heavy (non-hydrogen) atoms. The average molecular weight is 298 g/mol. The highest BCUT2D eigenvalue weighted by molar-refractivity contribution is 5.58. The minimum absolute atomic E-state index is 0.254. The van der Waals surface area contributed by atoms with Gasteiger partial charge in [0, 0.05) is 18.0 Å². The van der Waals surface area contributed by atoms with E-state index in [4.69, 9.17) is 0 Å². The van der Waals surface area contributed by atoms with Crippen molar-refractivity contribution >= 4 is 11.6 Å². The zero-order valence-electron chi connectivity index (χ0n) is 13.4. The lowest BCUT2D eigenvalue weighted by molar-refractivity contribution is 0.0830. The van der Waals surface area contributed by atoms with E-state index in [2.05, 4.69) is 20.6 Å². The van der Waals surface area contributed by atoms with Gasteiger partial charge < -0.3 is 26.0 Å². The molecule has 1 aromatic rings. The molecular formula is C14H26N4O3. The van der Waals surface area contributed by atoms with Crippen LogP contribution in [0.2, 0.25) is 0 Å². The van der Waals surface area contributed by atoms with Crippen molar-refractivity contribution in [3.8, 4) is 0 Å². The largest absolute Gasteiger partial charge is 0.394 e. The van der Waals surface area contributed by atoms with Crippen LogP contribution in [-0.4, -0.2) is 57.7 Å². The minimum atomic E-state index is -1.22. The maximum Gasteiger partial charge on any atom is 0.138 e. The molecule has 0 saturated heterocycles. The summed E-state index contributed by atoms with van der Waals surface area (Å²) in [6.45, 7) is 6.59. The van der Waals surface area contributed by atoms with E-state index in [1.807, 2.05) is 27.7 Å². The Morgan fingerprint density at radius 3 is 1.81 bits per heavy atom. The van der Waals surface area contributed by atoms with Crippen molar-refractivity contribution in [2.24, 2.45) is 0 Å². The molecule has 1 aromatic heterocycles. The molecule has 0 atom stereocenters. The molecule has 0 amide bonds. The molecule has 120 valence electrons. The normalized spacial score (nSPS) is 12.4. The first-order valence-electron chi connectivity index (χ1n) is 6.90. The fourth-order valence-corrected chi connectivity index (χ4v) is 1.74. The second kappa shape index (κ2) is 6.55. The number of nitrogens with one attached hydrogen (secondary N) is 2. The number of aliphatic hydroxyl groups is 3. The van der Waals surface area contributed by atoms with Crippen molar-refractivity contribution in [3.05, 3.63) is 11.4 Å². The lowest BCUT2D eigenvalue weighted by Crippen LogP contribution is -2.49. The smallest absolute Gasteiger partial charge is 0.138 e. The van der Waals surface area contributed by atoms with E-state index in [-0.39, 0.29) is 5.41 Å². The number of rotatable bonds is 6. The van der Waals surface area contributed by atoms with Crippen LogP contribution in [0.15, 0.2) is 0 Å². The van der Waals surface area contributed by atoms with Crippen molar-refractivity contribution in [1.82, 2.24) is 9.97 Å². The van der Waals surface area contributed by atoms with Crippen LogP contribution in [0.5, 0.6) is 0 Å². The van der Waals surface area contributed by atoms with E-state index in [1.165, 1.54) is 0 Å². The van der Waals surface area contributed by atoms with Crippen molar-refractivity contribution in [1.29, 1.82) is 0 Å². The molecule has 0 aliphatic rings. The van der Waals surface area contributed by atoms with Crippen LogP contribution in [-0.2, 0) is 5.41 Å². The minimum Gasteiger partial charge on any atom is -0.394 e. The van der Waals surface area contributed by atoms with Crippen molar-refractivity contribution in [2.75, 3.05) is 37.5 Å². The predicted octanol–water partition coefficient (Wildman–Crippen LogP) is 0.252. The van der Waals surface area contributed by atoms with E-state index in [1.54, 1.807) is 7.05 Å². The summed E-state index contributed by atoms with van der Waals surface area (Å²) in [7, 11) is 1.77. The van der Waals surface area contributed by atoms with Gasteiger partial charge in [-0.15, -0.1) is 0 Å². The van der Waals surface area contributed by atoms with Gasteiger partial charge in [0.2, 0.25) is 0 Å². The lowest BCUT2D eigenvalue weighted by atomic mass is 9.95. The number of aromatic nitrogens is 2. The first-order valence-corrected chi connectivity index (χ1v) is 6.90. The van der Waals surface area contributed by atoms with Crippen LogP contribution in [0.25, 0.3) is 0 Å². The van der Waals surface area contributed by atoms with Gasteiger partial charge in [-0.1, -0.05) is 20.8 Å². The highest BCUT2D eigenvalue weighted by Gasteiger charge is 2.30. The molecule has 0 aliphatic carbocycles. The van der Waals surface area contributed by atoms with Crippen molar-refractivity contribution in [3.63, 3.8) is 0 Å². The first-order chi connectivity index (χ1) is 9.72. The molecule has 0 fully saturated rings. The Bertz CT molecular complexity index is 474. The van der Waals surface area contributed by atoms with Crippen LogP contribution < -0.4 is 10.6 Å². The second-order valence-electron chi connectivity index (χ2n) is 6.25.